The van der Waals surface area contributed by atoms with Gasteiger partial charge in [-0.05, 0) is 25.3 Å². The Bertz CT molecular complexity index is 686. The number of rotatable bonds is 5. The number of benzene rings is 1. The molecule has 0 radical (unpaired) electrons. The van der Waals surface area contributed by atoms with Gasteiger partial charge in [0.05, 0.1) is 5.25 Å². The summed E-state index contributed by atoms with van der Waals surface area (Å²) in [5.74, 6) is 1.18. The number of carbonyl (C=O) groups excluding carboxylic acids is 1. The van der Waals surface area contributed by atoms with E-state index in [0.717, 1.165) is 35.9 Å². The maximum absolute atomic E-state index is 12.7. The maximum Gasteiger partial charge on any atom is 0.235 e. The molecular formula is C18H24N4OS. The van der Waals surface area contributed by atoms with Gasteiger partial charge >= 0.3 is 0 Å². The quantitative estimate of drug-likeness (QED) is 0.782. The van der Waals surface area contributed by atoms with Gasteiger partial charge in [0.2, 0.25) is 5.91 Å². The molecule has 1 atom stereocenters. The topological polar surface area (TPSA) is 51.0 Å². The van der Waals surface area contributed by atoms with Crippen LogP contribution in [0.3, 0.4) is 0 Å². The molecule has 5 nitrogen and oxygen atoms in total. The molecule has 24 heavy (non-hydrogen) atoms. The maximum atomic E-state index is 12.7. The van der Waals surface area contributed by atoms with Crippen molar-refractivity contribution in [1.82, 2.24) is 19.7 Å². The average Bonchev–Trinajstić information content (AvgIpc) is 2.82. The second kappa shape index (κ2) is 7.83. The van der Waals surface area contributed by atoms with E-state index in [9.17, 15) is 4.79 Å². The largest absolute Gasteiger partial charge is 0.340 e. The fourth-order valence-electron chi connectivity index (χ4n) is 3.00. The number of carbonyl (C=O) groups is 1. The highest BCUT2D eigenvalue weighted by Crippen LogP contribution is 2.26. The first kappa shape index (κ1) is 17.0. The van der Waals surface area contributed by atoms with E-state index in [0.29, 0.717) is 6.54 Å². The highest BCUT2D eigenvalue weighted by molar-refractivity contribution is 8.00. The van der Waals surface area contributed by atoms with Crippen LogP contribution in [0.15, 0.2) is 35.5 Å². The van der Waals surface area contributed by atoms with E-state index in [1.54, 1.807) is 4.90 Å². The van der Waals surface area contributed by atoms with Gasteiger partial charge in [0.1, 0.15) is 5.82 Å². The lowest BCUT2D eigenvalue weighted by molar-refractivity contribution is -0.129. The fourth-order valence-corrected chi connectivity index (χ4v) is 4.01. The molecule has 0 N–H and O–H groups in total. The van der Waals surface area contributed by atoms with Gasteiger partial charge in [0.25, 0.3) is 0 Å². The van der Waals surface area contributed by atoms with Crippen molar-refractivity contribution in [3.63, 3.8) is 0 Å². The van der Waals surface area contributed by atoms with Crippen LogP contribution < -0.4 is 0 Å². The van der Waals surface area contributed by atoms with Gasteiger partial charge in [-0.3, -0.25) is 4.79 Å². The SMILES string of the molecule is C[C@H](Sc1nnc2n1CCCCC2)C(=O)N(C)Cc1ccccc1. The molecule has 1 aliphatic heterocycles. The molecule has 0 fully saturated rings. The minimum Gasteiger partial charge on any atom is -0.340 e. The van der Waals surface area contributed by atoms with Crippen LogP contribution in [-0.4, -0.2) is 37.9 Å². The molecule has 1 aromatic heterocycles. The number of thioether (sulfide) groups is 1. The summed E-state index contributed by atoms with van der Waals surface area (Å²) in [4.78, 5) is 14.4. The number of nitrogens with zero attached hydrogens (tertiary/aromatic N) is 4. The zero-order chi connectivity index (χ0) is 16.9. The van der Waals surface area contributed by atoms with Crippen LogP contribution in [0.2, 0.25) is 0 Å². The normalized spacial score (nSPS) is 15.4. The molecule has 1 amide bonds. The molecule has 0 aliphatic carbocycles. The fraction of sp³-hybridized carbons (Fsp3) is 0.500. The van der Waals surface area contributed by atoms with Crippen LogP contribution in [0.5, 0.6) is 0 Å². The Balaban J connectivity index is 1.63. The van der Waals surface area contributed by atoms with Crippen molar-refractivity contribution in [2.45, 2.75) is 56.1 Å². The zero-order valence-corrected chi connectivity index (χ0v) is 15.1. The lowest BCUT2D eigenvalue weighted by atomic mass is 10.2. The van der Waals surface area contributed by atoms with E-state index in [1.807, 2.05) is 44.3 Å². The zero-order valence-electron chi connectivity index (χ0n) is 14.3. The highest BCUT2D eigenvalue weighted by atomic mass is 32.2. The van der Waals surface area contributed by atoms with Crippen molar-refractivity contribution in [2.24, 2.45) is 0 Å². The third kappa shape index (κ3) is 3.98. The monoisotopic (exact) mass is 344 g/mol. The van der Waals surface area contributed by atoms with Crippen molar-refractivity contribution in [3.05, 3.63) is 41.7 Å². The van der Waals surface area contributed by atoms with Crippen molar-refractivity contribution < 1.29 is 4.79 Å². The van der Waals surface area contributed by atoms with Crippen LogP contribution >= 0.6 is 11.8 Å². The number of fused-ring (bicyclic) bond motifs is 1. The van der Waals surface area contributed by atoms with Crippen LogP contribution in [0.4, 0.5) is 0 Å². The van der Waals surface area contributed by atoms with E-state index in [1.165, 1.54) is 24.6 Å². The van der Waals surface area contributed by atoms with E-state index < -0.39 is 0 Å². The minimum absolute atomic E-state index is 0.120. The summed E-state index contributed by atoms with van der Waals surface area (Å²) in [7, 11) is 1.86. The smallest absolute Gasteiger partial charge is 0.235 e. The Kier molecular flexibility index (Phi) is 5.56. The first-order chi connectivity index (χ1) is 11.6. The Labute approximate surface area is 147 Å². The van der Waals surface area contributed by atoms with E-state index >= 15 is 0 Å². The molecule has 0 bridgehead atoms. The molecule has 0 spiro atoms. The predicted molar refractivity (Wildman–Crippen MR) is 95.8 cm³/mol. The minimum atomic E-state index is -0.171. The molecule has 1 aliphatic rings. The number of hydrogen-bond acceptors (Lipinski definition) is 4. The van der Waals surface area contributed by atoms with Crippen molar-refractivity contribution in [1.29, 1.82) is 0 Å². The second-order valence-electron chi connectivity index (χ2n) is 6.30. The summed E-state index contributed by atoms with van der Waals surface area (Å²) in [6.07, 6.45) is 4.57. The summed E-state index contributed by atoms with van der Waals surface area (Å²) in [5.41, 5.74) is 1.14. The Morgan fingerprint density at radius 1 is 1.25 bits per heavy atom. The molecule has 128 valence electrons. The molecule has 3 rings (SSSR count). The summed E-state index contributed by atoms with van der Waals surface area (Å²) in [6.45, 7) is 3.54. The van der Waals surface area contributed by atoms with Gasteiger partial charge in [0, 0.05) is 26.6 Å². The lowest BCUT2D eigenvalue weighted by Gasteiger charge is -2.21. The summed E-state index contributed by atoms with van der Waals surface area (Å²) in [5, 5.41) is 9.32. The molecule has 2 heterocycles. The van der Waals surface area contributed by atoms with Gasteiger partial charge in [-0.1, -0.05) is 48.5 Å². The first-order valence-electron chi connectivity index (χ1n) is 8.53. The van der Waals surface area contributed by atoms with Gasteiger partial charge in [0.15, 0.2) is 5.16 Å². The predicted octanol–water partition coefficient (Wildman–Crippen LogP) is 3.14. The third-order valence-electron chi connectivity index (χ3n) is 4.34. The second-order valence-corrected chi connectivity index (χ2v) is 7.61. The summed E-state index contributed by atoms with van der Waals surface area (Å²) >= 11 is 1.52. The number of aromatic nitrogens is 3. The molecule has 2 aromatic rings. The van der Waals surface area contributed by atoms with Crippen LogP contribution in [0, 0.1) is 0 Å². The lowest BCUT2D eigenvalue weighted by Crippen LogP contribution is -2.33. The molecular weight excluding hydrogens is 320 g/mol. The summed E-state index contributed by atoms with van der Waals surface area (Å²) in [6, 6.07) is 10.1. The third-order valence-corrected chi connectivity index (χ3v) is 5.41. The van der Waals surface area contributed by atoms with Gasteiger partial charge in [-0.15, -0.1) is 10.2 Å². The van der Waals surface area contributed by atoms with Gasteiger partial charge in [-0.2, -0.15) is 0 Å². The summed E-state index contributed by atoms with van der Waals surface area (Å²) < 4.78 is 2.19. The average molecular weight is 344 g/mol. The van der Waals surface area contributed by atoms with Crippen LogP contribution in [0.1, 0.15) is 37.6 Å². The molecule has 1 aromatic carbocycles. The highest BCUT2D eigenvalue weighted by Gasteiger charge is 2.23. The first-order valence-corrected chi connectivity index (χ1v) is 9.41. The number of aryl methyl sites for hydroxylation is 1. The van der Waals surface area contributed by atoms with E-state index in [2.05, 4.69) is 14.8 Å². The van der Waals surface area contributed by atoms with Crippen molar-refractivity contribution in [3.8, 4) is 0 Å². The molecule has 0 saturated carbocycles. The molecule has 6 heteroatoms. The standard InChI is InChI=1S/C18H24N4OS/c1-14(17(23)21(2)13-15-9-5-3-6-10-15)24-18-20-19-16-11-7-4-8-12-22(16)18/h3,5-6,9-10,14H,4,7-8,11-13H2,1-2H3/t14-/m0/s1. The molecule has 0 saturated heterocycles. The number of amides is 1. The number of hydrogen-bond donors (Lipinski definition) is 0. The van der Waals surface area contributed by atoms with Gasteiger partial charge < -0.3 is 9.47 Å². The Morgan fingerprint density at radius 3 is 2.83 bits per heavy atom. The Morgan fingerprint density at radius 2 is 2.04 bits per heavy atom. The van der Waals surface area contributed by atoms with Gasteiger partial charge in [-0.25, -0.2) is 0 Å². The van der Waals surface area contributed by atoms with Crippen LogP contribution in [-0.2, 0) is 24.3 Å². The van der Waals surface area contributed by atoms with E-state index in [-0.39, 0.29) is 11.2 Å². The van der Waals surface area contributed by atoms with Crippen molar-refractivity contribution in [2.75, 3.05) is 7.05 Å². The Hall–Kier alpha value is -1.82. The molecule has 0 unspecified atom stereocenters. The van der Waals surface area contributed by atoms with E-state index in [4.69, 9.17) is 0 Å². The van der Waals surface area contributed by atoms with Crippen LogP contribution in [0.25, 0.3) is 0 Å². The van der Waals surface area contributed by atoms with Crippen molar-refractivity contribution >= 4 is 17.7 Å².